The Labute approximate surface area is 92.2 Å². The molecule has 0 spiro atoms. The Hall–Kier alpha value is -1.55. The molecule has 4 nitrogen and oxygen atoms in total. The number of hydrogen-bond acceptors (Lipinski definition) is 3. The first-order chi connectivity index (χ1) is 7.18. The zero-order chi connectivity index (χ0) is 11.1. The van der Waals surface area contributed by atoms with E-state index >= 15 is 0 Å². The van der Waals surface area contributed by atoms with Crippen molar-refractivity contribution < 1.29 is 14.3 Å². The number of nitrogens with one attached hydrogen (secondary N) is 1. The van der Waals surface area contributed by atoms with Crippen molar-refractivity contribution in [3.05, 3.63) is 35.9 Å². The summed E-state index contributed by atoms with van der Waals surface area (Å²) in [6, 6.07) is 9.26. The minimum Gasteiger partial charge on any atom is -0.460 e. The Morgan fingerprint density at radius 3 is 2.53 bits per heavy atom. The molecule has 0 unspecified atom stereocenters. The van der Waals surface area contributed by atoms with Gasteiger partial charge in [0, 0.05) is 0 Å². The summed E-state index contributed by atoms with van der Waals surface area (Å²) < 4.78 is 4.87. The van der Waals surface area contributed by atoms with Crippen molar-refractivity contribution in [1.29, 1.82) is 0 Å². The van der Waals surface area contributed by atoms with Gasteiger partial charge in [-0.25, -0.2) is 0 Å². The van der Waals surface area contributed by atoms with Crippen LogP contribution in [-0.2, 0) is 16.1 Å². The summed E-state index contributed by atoms with van der Waals surface area (Å²) in [6.07, 6.45) is 0. The highest BCUT2D eigenvalue weighted by atomic mass is 35.5. The molecule has 0 aliphatic rings. The zero-order valence-corrected chi connectivity index (χ0v) is 8.66. The fourth-order valence-corrected chi connectivity index (χ4v) is 0.998. The standard InChI is InChI=1S/C10H10ClNO3/c11-10(14)12-6-9(13)15-7-8-4-2-1-3-5-8/h1-5H,6-7H2,(H,12,14). The average molecular weight is 228 g/mol. The van der Waals surface area contributed by atoms with Gasteiger partial charge in [0.1, 0.15) is 13.2 Å². The molecule has 80 valence electrons. The van der Waals surface area contributed by atoms with Crippen LogP contribution < -0.4 is 5.32 Å². The molecule has 1 aromatic rings. The van der Waals surface area contributed by atoms with Crippen molar-refractivity contribution in [1.82, 2.24) is 5.32 Å². The molecule has 5 heteroatoms. The number of carbonyl (C=O) groups excluding carboxylic acids is 2. The van der Waals surface area contributed by atoms with Gasteiger partial charge in [0.25, 0.3) is 0 Å². The lowest BCUT2D eigenvalue weighted by molar-refractivity contribution is -0.143. The van der Waals surface area contributed by atoms with Gasteiger partial charge in [-0.15, -0.1) is 0 Å². The van der Waals surface area contributed by atoms with Crippen LogP contribution in [0.5, 0.6) is 0 Å². The topological polar surface area (TPSA) is 55.4 Å². The second-order valence-electron chi connectivity index (χ2n) is 2.77. The van der Waals surface area contributed by atoms with Crippen LogP contribution in [0.4, 0.5) is 4.79 Å². The van der Waals surface area contributed by atoms with Crippen LogP contribution >= 0.6 is 11.6 Å². The predicted octanol–water partition coefficient (Wildman–Crippen LogP) is 1.68. The Morgan fingerprint density at radius 1 is 1.27 bits per heavy atom. The highest BCUT2D eigenvalue weighted by molar-refractivity contribution is 6.63. The predicted molar refractivity (Wildman–Crippen MR) is 55.5 cm³/mol. The Kier molecular flexibility index (Phi) is 4.63. The largest absolute Gasteiger partial charge is 0.460 e. The van der Waals surface area contributed by atoms with Crippen LogP contribution in [0.1, 0.15) is 5.56 Å². The van der Waals surface area contributed by atoms with E-state index in [4.69, 9.17) is 16.3 Å². The molecule has 1 aromatic carbocycles. The first kappa shape index (κ1) is 11.5. The number of ether oxygens (including phenoxy) is 1. The highest BCUT2D eigenvalue weighted by Crippen LogP contribution is 2.00. The Bertz CT molecular complexity index is 340. The van der Waals surface area contributed by atoms with Gasteiger partial charge in [-0.05, 0) is 17.2 Å². The third-order valence-corrected chi connectivity index (χ3v) is 1.75. The van der Waals surface area contributed by atoms with Gasteiger partial charge in [-0.3, -0.25) is 9.59 Å². The summed E-state index contributed by atoms with van der Waals surface area (Å²) in [5.41, 5.74) is 0.892. The third kappa shape index (κ3) is 5.02. The summed E-state index contributed by atoms with van der Waals surface area (Å²) in [7, 11) is 0. The average Bonchev–Trinajstić information content (AvgIpc) is 2.25. The first-order valence-electron chi connectivity index (χ1n) is 4.31. The molecule has 0 bridgehead atoms. The van der Waals surface area contributed by atoms with E-state index in [-0.39, 0.29) is 13.2 Å². The highest BCUT2D eigenvalue weighted by Gasteiger charge is 2.04. The molecule has 1 rings (SSSR count). The summed E-state index contributed by atoms with van der Waals surface area (Å²) in [4.78, 5) is 21.3. The van der Waals surface area contributed by atoms with Crippen molar-refractivity contribution in [2.45, 2.75) is 6.61 Å². The fourth-order valence-electron chi connectivity index (χ4n) is 0.931. The van der Waals surface area contributed by atoms with Crippen molar-refractivity contribution in [3.63, 3.8) is 0 Å². The van der Waals surface area contributed by atoms with Crippen LogP contribution in [0.25, 0.3) is 0 Å². The van der Waals surface area contributed by atoms with Crippen LogP contribution in [0.3, 0.4) is 0 Å². The number of benzene rings is 1. The molecule has 0 saturated heterocycles. The number of esters is 1. The number of hydrogen-bond donors (Lipinski definition) is 1. The van der Waals surface area contributed by atoms with Crippen molar-refractivity contribution in [2.24, 2.45) is 0 Å². The third-order valence-electron chi connectivity index (χ3n) is 1.61. The van der Waals surface area contributed by atoms with Crippen LogP contribution in [0, 0.1) is 0 Å². The molecule has 0 saturated carbocycles. The maximum Gasteiger partial charge on any atom is 0.325 e. The molecule has 1 N–H and O–H groups in total. The molecule has 0 atom stereocenters. The van der Waals surface area contributed by atoms with Gasteiger partial charge in [0.2, 0.25) is 0 Å². The van der Waals surface area contributed by atoms with Gasteiger partial charge in [-0.1, -0.05) is 30.3 Å². The number of rotatable bonds is 4. The molecule has 0 aromatic heterocycles. The normalized spacial score (nSPS) is 9.40. The number of halogens is 1. The minimum absolute atomic E-state index is 0.192. The van der Waals surface area contributed by atoms with E-state index in [9.17, 15) is 9.59 Å². The van der Waals surface area contributed by atoms with Gasteiger partial charge in [0.05, 0.1) is 0 Å². The SMILES string of the molecule is O=C(Cl)NCC(=O)OCc1ccccc1. The zero-order valence-electron chi connectivity index (χ0n) is 7.90. The van der Waals surface area contributed by atoms with Gasteiger partial charge >= 0.3 is 11.3 Å². The Balaban J connectivity index is 2.26. The van der Waals surface area contributed by atoms with Gasteiger partial charge in [0.15, 0.2) is 0 Å². The van der Waals surface area contributed by atoms with E-state index in [2.05, 4.69) is 5.32 Å². The summed E-state index contributed by atoms with van der Waals surface area (Å²) >= 11 is 4.98. The lowest BCUT2D eigenvalue weighted by Crippen LogP contribution is -2.26. The molecule has 0 radical (unpaired) electrons. The summed E-state index contributed by atoms with van der Waals surface area (Å²) in [5.74, 6) is -0.521. The van der Waals surface area contributed by atoms with E-state index < -0.39 is 11.3 Å². The maximum absolute atomic E-state index is 11.0. The van der Waals surface area contributed by atoms with Crippen LogP contribution in [0.15, 0.2) is 30.3 Å². The lowest BCUT2D eigenvalue weighted by atomic mass is 10.2. The van der Waals surface area contributed by atoms with Crippen LogP contribution in [-0.4, -0.2) is 17.9 Å². The molecule has 0 fully saturated rings. The minimum atomic E-state index is -0.772. The second kappa shape index (κ2) is 6.03. The van der Waals surface area contributed by atoms with E-state index in [1.807, 2.05) is 30.3 Å². The summed E-state index contributed by atoms with van der Waals surface area (Å²) in [5, 5.41) is 1.36. The number of carbonyl (C=O) groups is 2. The van der Waals surface area contributed by atoms with E-state index in [1.54, 1.807) is 0 Å². The fraction of sp³-hybridized carbons (Fsp3) is 0.200. The van der Waals surface area contributed by atoms with Crippen molar-refractivity contribution in [2.75, 3.05) is 6.54 Å². The molecule has 0 heterocycles. The quantitative estimate of drug-likeness (QED) is 0.484. The molecular weight excluding hydrogens is 218 g/mol. The first-order valence-corrected chi connectivity index (χ1v) is 4.69. The monoisotopic (exact) mass is 227 g/mol. The lowest BCUT2D eigenvalue weighted by Gasteiger charge is -2.04. The Morgan fingerprint density at radius 2 is 1.93 bits per heavy atom. The second-order valence-corrected chi connectivity index (χ2v) is 3.12. The van der Waals surface area contributed by atoms with E-state index in [0.717, 1.165) is 5.56 Å². The maximum atomic E-state index is 11.0. The van der Waals surface area contributed by atoms with E-state index in [0.29, 0.717) is 0 Å². The van der Waals surface area contributed by atoms with Gasteiger partial charge < -0.3 is 10.1 Å². The smallest absolute Gasteiger partial charge is 0.325 e. The van der Waals surface area contributed by atoms with Crippen molar-refractivity contribution >= 4 is 22.9 Å². The molecule has 15 heavy (non-hydrogen) atoms. The van der Waals surface area contributed by atoms with Crippen LogP contribution in [0.2, 0.25) is 0 Å². The van der Waals surface area contributed by atoms with Gasteiger partial charge in [-0.2, -0.15) is 0 Å². The number of amides is 1. The van der Waals surface area contributed by atoms with E-state index in [1.165, 1.54) is 0 Å². The summed E-state index contributed by atoms with van der Waals surface area (Å²) in [6.45, 7) is -0.0208. The molecule has 0 aliphatic heterocycles. The van der Waals surface area contributed by atoms with Crippen molar-refractivity contribution in [3.8, 4) is 0 Å². The molecular formula is C10H10ClNO3. The molecule has 0 aliphatic carbocycles. The molecule has 1 amide bonds.